The molecule has 12 heavy (non-hydrogen) atoms. The highest BCUT2D eigenvalue weighted by molar-refractivity contribution is 7.88. The molecule has 0 aromatic carbocycles. The molecule has 0 amide bonds. The zero-order valence-corrected chi connectivity index (χ0v) is 8.14. The minimum atomic E-state index is -3.19. The van der Waals surface area contributed by atoms with Crippen molar-refractivity contribution in [3.8, 4) is 0 Å². The van der Waals surface area contributed by atoms with Crippen molar-refractivity contribution in [3.05, 3.63) is 0 Å². The summed E-state index contributed by atoms with van der Waals surface area (Å²) in [5, 5.41) is 0. The maximum Gasteiger partial charge on any atom is 0.211 e. The maximum absolute atomic E-state index is 13.1. The summed E-state index contributed by atoms with van der Waals surface area (Å²) in [5.41, 5.74) is 0. The molecule has 0 spiro atoms. The SMILES string of the molecule is C[C@H]1CCN(S(C)(=O)=O)C[C@H]1F. The largest absolute Gasteiger partial charge is 0.246 e. The molecule has 0 aliphatic carbocycles. The number of nitrogens with zero attached hydrogens (tertiary/aromatic N) is 1. The van der Waals surface area contributed by atoms with Crippen molar-refractivity contribution in [3.63, 3.8) is 0 Å². The molecule has 1 heterocycles. The normalized spacial score (nSPS) is 33.6. The second-order valence-electron chi connectivity index (χ2n) is 3.40. The van der Waals surface area contributed by atoms with Crippen molar-refractivity contribution >= 4 is 10.0 Å². The summed E-state index contributed by atoms with van der Waals surface area (Å²) in [6.07, 6.45) is 0.734. The average Bonchev–Trinajstić information content (AvgIpc) is 1.92. The second-order valence-corrected chi connectivity index (χ2v) is 5.39. The summed E-state index contributed by atoms with van der Waals surface area (Å²) >= 11 is 0. The van der Waals surface area contributed by atoms with Gasteiger partial charge in [0.1, 0.15) is 6.17 Å². The van der Waals surface area contributed by atoms with Crippen LogP contribution in [0.1, 0.15) is 13.3 Å². The zero-order valence-electron chi connectivity index (χ0n) is 7.33. The highest BCUT2D eigenvalue weighted by Crippen LogP contribution is 2.21. The molecule has 2 atom stereocenters. The van der Waals surface area contributed by atoms with Crippen LogP contribution in [-0.4, -0.2) is 38.2 Å². The van der Waals surface area contributed by atoms with Crippen molar-refractivity contribution in [2.45, 2.75) is 19.5 Å². The number of sulfonamides is 1. The first-order valence-corrected chi connectivity index (χ1v) is 5.85. The van der Waals surface area contributed by atoms with Gasteiger partial charge in [-0.05, 0) is 12.3 Å². The lowest BCUT2D eigenvalue weighted by Gasteiger charge is -2.30. The predicted octanol–water partition coefficient (Wildman–Crippen LogP) is 0.626. The van der Waals surface area contributed by atoms with Gasteiger partial charge >= 0.3 is 0 Å². The monoisotopic (exact) mass is 195 g/mol. The van der Waals surface area contributed by atoms with E-state index in [2.05, 4.69) is 0 Å². The molecule has 0 aromatic heterocycles. The first-order valence-electron chi connectivity index (χ1n) is 4.00. The Kier molecular flexibility index (Phi) is 2.73. The van der Waals surface area contributed by atoms with Gasteiger partial charge in [0.2, 0.25) is 10.0 Å². The Morgan fingerprint density at radius 2 is 2.08 bits per heavy atom. The van der Waals surface area contributed by atoms with E-state index >= 15 is 0 Å². The van der Waals surface area contributed by atoms with E-state index in [1.54, 1.807) is 0 Å². The number of piperidine rings is 1. The standard InChI is InChI=1S/C7H14FNO2S/c1-6-3-4-9(5-7(6)8)12(2,10)11/h6-7H,3-5H2,1-2H3/t6-,7+/m0/s1. The highest BCUT2D eigenvalue weighted by Gasteiger charge is 2.30. The molecule has 0 N–H and O–H groups in total. The van der Waals surface area contributed by atoms with Gasteiger partial charge in [0, 0.05) is 13.1 Å². The molecule has 1 aliphatic rings. The Hall–Kier alpha value is -0.160. The third-order valence-electron chi connectivity index (χ3n) is 2.30. The van der Waals surface area contributed by atoms with Crippen molar-refractivity contribution < 1.29 is 12.8 Å². The minimum Gasteiger partial charge on any atom is -0.246 e. The molecule has 3 nitrogen and oxygen atoms in total. The molecule has 1 aliphatic heterocycles. The Labute approximate surface area is 72.6 Å². The van der Waals surface area contributed by atoms with E-state index in [4.69, 9.17) is 0 Å². The summed E-state index contributed by atoms with van der Waals surface area (Å²) < 4.78 is 36.3. The predicted molar refractivity (Wildman–Crippen MR) is 45.1 cm³/mol. The summed E-state index contributed by atoms with van der Waals surface area (Å²) in [6.45, 7) is 2.30. The van der Waals surface area contributed by atoms with Gasteiger partial charge in [-0.15, -0.1) is 0 Å². The highest BCUT2D eigenvalue weighted by atomic mass is 32.2. The van der Waals surface area contributed by atoms with Gasteiger partial charge in [0.05, 0.1) is 6.26 Å². The molecule has 5 heteroatoms. The van der Waals surface area contributed by atoms with Gasteiger partial charge in [-0.3, -0.25) is 0 Å². The maximum atomic E-state index is 13.1. The Morgan fingerprint density at radius 1 is 1.50 bits per heavy atom. The number of hydrogen-bond donors (Lipinski definition) is 0. The van der Waals surface area contributed by atoms with Crippen LogP contribution in [-0.2, 0) is 10.0 Å². The van der Waals surface area contributed by atoms with Crippen LogP contribution in [0.5, 0.6) is 0 Å². The van der Waals surface area contributed by atoms with E-state index in [1.165, 1.54) is 4.31 Å². The third kappa shape index (κ3) is 2.17. The molecule has 1 fully saturated rings. The number of alkyl halides is 1. The zero-order chi connectivity index (χ0) is 9.35. The van der Waals surface area contributed by atoms with Crippen LogP contribution in [0.25, 0.3) is 0 Å². The van der Waals surface area contributed by atoms with Crippen LogP contribution in [0.3, 0.4) is 0 Å². The van der Waals surface area contributed by atoms with Crippen LogP contribution in [0, 0.1) is 5.92 Å². The van der Waals surface area contributed by atoms with Crippen LogP contribution >= 0.6 is 0 Å². The molecule has 72 valence electrons. The quantitative estimate of drug-likeness (QED) is 0.615. The Morgan fingerprint density at radius 3 is 2.50 bits per heavy atom. The number of hydrogen-bond acceptors (Lipinski definition) is 2. The molecular formula is C7H14FNO2S. The molecule has 0 radical (unpaired) electrons. The molecule has 0 aromatic rings. The minimum absolute atomic E-state index is 0.0111. The molecule has 1 rings (SSSR count). The van der Waals surface area contributed by atoms with Crippen molar-refractivity contribution in [2.24, 2.45) is 5.92 Å². The number of halogens is 1. The first kappa shape index (κ1) is 9.92. The van der Waals surface area contributed by atoms with Gasteiger partial charge in [0.25, 0.3) is 0 Å². The first-order chi connectivity index (χ1) is 5.41. The summed E-state index contributed by atoms with van der Waals surface area (Å²) in [4.78, 5) is 0. The molecule has 0 saturated carbocycles. The lowest BCUT2D eigenvalue weighted by atomic mass is 9.99. The van der Waals surface area contributed by atoms with E-state index in [9.17, 15) is 12.8 Å². The summed E-state index contributed by atoms with van der Waals surface area (Å²) in [6, 6.07) is 0. The Bertz CT molecular complexity index is 252. The van der Waals surface area contributed by atoms with Crippen LogP contribution in [0.4, 0.5) is 4.39 Å². The van der Waals surface area contributed by atoms with Gasteiger partial charge < -0.3 is 0 Å². The third-order valence-corrected chi connectivity index (χ3v) is 3.57. The molecule has 1 saturated heterocycles. The fraction of sp³-hybridized carbons (Fsp3) is 1.00. The van der Waals surface area contributed by atoms with Gasteiger partial charge in [-0.25, -0.2) is 12.8 Å². The fourth-order valence-corrected chi connectivity index (χ4v) is 2.15. The number of rotatable bonds is 1. The summed E-state index contributed by atoms with van der Waals surface area (Å²) in [7, 11) is -3.19. The summed E-state index contributed by atoms with van der Waals surface area (Å²) in [5.74, 6) is -0.0111. The lowest BCUT2D eigenvalue weighted by Crippen LogP contribution is -2.43. The fourth-order valence-electron chi connectivity index (χ4n) is 1.30. The van der Waals surface area contributed by atoms with Crippen molar-refractivity contribution in [1.82, 2.24) is 4.31 Å². The molecule has 0 bridgehead atoms. The topological polar surface area (TPSA) is 37.4 Å². The van der Waals surface area contributed by atoms with Gasteiger partial charge in [-0.2, -0.15) is 4.31 Å². The Balaban J connectivity index is 2.64. The van der Waals surface area contributed by atoms with E-state index in [-0.39, 0.29) is 12.5 Å². The lowest BCUT2D eigenvalue weighted by molar-refractivity contribution is 0.144. The van der Waals surface area contributed by atoms with Crippen molar-refractivity contribution in [2.75, 3.05) is 19.3 Å². The van der Waals surface area contributed by atoms with Crippen LogP contribution in [0.15, 0.2) is 0 Å². The van der Waals surface area contributed by atoms with Gasteiger partial charge in [0.15, 0.2) is 0 Å². The van der Waals surface area contributed by atoms with E-state index in [1.807, 2.05) is 6.92 Å². The molecule has 0 unspecified atom stereocenters. The van der Waals surface area contributed by atoms with Crippen LogP contribution < -0.4 is 0 Å². The molecular weight excluding hydrogens is 181 g/mol. The average molecular weight is 195 g/mol. The van der Waals surface area contributed by atoms with E-state index in [0.717, 1.165) is 6.26 Å². The second kappa shape index (κ2) is 3.30. The van der Waals surface area contributed by atoms with E-state index in [0.29, 0.717) is 13.0 Å². The smallest absolute Gasteiger partial charge is 0.211 e. The van der Waals surface area contributed by atoms with Crippen LogP contribution in [0.2, 0.25) is 0 Å². The van der Waals surface area contributed by atoms with Gasteiger partial charge in [-0.1, -0.05) is 6.92 Å². The van der Waals surface area contributed by atoms with Crippen molar-refractivity contribution in [1.29, 1.82) is 0 Å². The van der Waals surface area contributed by atoms with E-state index < -0.39 is 16.2 Å².